The Kier molecular flexibility index (Phi) is 6.72. The van der Waals surface area contributed by atoms with E-state index in [-0.39, 0.29) is 6.29 Å². The van der Waals surface area contributed by atoms with Gasteiger partial charge >= 0.3 is 0 Å². The minimum Gasteiger partial charge on any atom is -0.508 e. The SMILES string of the molecule is CCOC(CN(C)Cc1ccccc1O)OCC. The average Bonchev–Trinajstić information content (AvgIpc) is 2.33. The van der Waals surface area contributed by atoms with Gasteiger partial charge in [0.2, 0.25) is 0 Å². The Hall–Kier alpha value is -1.10. The summed E-state index contributed by atoms with van der Waals surface area (Å²) in [5, 5.41) is 9.71. The molecule has 0 aromatic heterocycles. The first-order valence-electron chi connectivity index (χ1n) is 6.36. The molecule has 102 valence electrons. The zero-order chi connectivity index (χ0) is 13.4. The van der Waals surface area contributed by atoms with Gasteiger partial charge in [0, 0.05) is 31.9 Å². The highest BCUT2D eigenvalue weighted by Crippen LogP contribution is 2.17. The smallest absolute Gasteiger partial charge is 0.170 e. The highest BCUT2D eigenvalue weighted by atomic mass is 16.7. The molecular formula is C14H23NO3. The highest BCUT2D eigenvalue weighted by Gasteiger charge is 2.12. The molecule has 1 aromatic rings. The van der Waals surface area contributed by atoms with Crippen LogP contribution in [-0.2, 0) is 16.0 Å². The quantitative estimate of drug-likeness (QED) is 0.721. The van der Waals surface area contributed by atoms with E-state index in [0.717, 1.165) is 5.56 Å². The van der Waals surface area contributed by atoms with Crippen molar-refractivity contribution >= 4 is 0 Å². The van der Waals surface area contributed by atoms with Gasteiger partial charge in [-0.15, -0.1) is 0 Å². The largest absolute Gasteiger partial charge is 0.508 e. The number of rotatable bonds is 8. The molecule has 0 atom stereocenters. The minimum atomic E-state index is -0.212. The summed E-state index contributed by atoms with van der Waals surface area (Å²) in [6, 6.07) is 7.36. The van der Waals surface area contributed by atoms with Crippen molar-refractivity contribution in [3.63, 3.8) is 0 Å². The van der Waals surface area contributed by atoms with Crippen LogP contribution in [0.1, 0.15) is 19.4 Å². The number of nitrogens with zero attached hydrogens (tertiary/aromatic N) is 1. The summed E-state index contributed by atoms with van der Waals surface area (Å²) in [6.07, 6.45) is -0.212. The highest BCUT2D eigenvalue weighted by molar-refractivity contribution is 5.31. The lowest BCUT2D eigenvalue weighted by atomic mass is 10.2. The molecule has 1 aromatic carbocycles. The number of hydrogen-bond acceptors (Lipinski definition) is 4. The van der Waals surface area contributed by atoms with Gasteiger partial charge in [-0.2, -0.15) is 0 Å². The minimum absolute atomic E-state index is 0.212. The van der Waals surface area contributed by atoms with E-state index >= 15 is 0 Å². The zero-order valence-electron chi connectivity index (χ0n) is 11.4. The Morgan fingerprint density at radius 2 is 1.78 bits per heavy atom. The van der Waals surface area contributed by atoms with E-state index < -0.39 is 0 Å². The molecule has 18 heavy (non-hydrogen) atoms. The van der Waals surface area contributed by atoms with Crippen LogP contribution in [0.3, 0.4) is 0 Å². The van der Waals surface area contributed by atoms with E-state index in [0.29, 0.717) is 32.1 Å². The third kappa shape index (κ3) is 5.04. The maximum atomic E-state index is 9.71. The molecule has 0 bridgehead atoms. The summed E-state index contributed by atoms with van der Waals surface area (Å²) in [7, 11) is 1.98. The van der Waals surface area contributed by atoms with Crippen molar-refractivity contribution in [3.8, 4) is 5.75 Å². The molecule has 1 N–H and O–H groups in total. The number of ether oxygens (including phenoxy) is 2. The molecule has 0 unspecified atom stereocenters. The predicted molar refractivity (Wildman–Crippen MR) is 71.5 cm³/mol. The molecule has 0 amide bonds. The summed E-state index contributed by atoms with van der Waals surface area (Å²) < 4.78 is 11.0. The van der Waals surface area contributed by atoms with Crippen molar-refractivity contribution in [2.45, 2.75) is 26.7 Å². The first kappa shape index (κ1) is 15.0. The molecule has 0 aliphatic heterocycles. The van der Waals surface area contributed by atoms with Crippen LogP contribution in [0.4, 0.5) is 0 Å². The molecular weight excluding hydrogens is 230 g/mol. The van der Waals surface area contributed by atoms with Crippen molar-refractivity contribution in [3.05, 3.63) is 29.8 Å². The van der Waals surface area contributed by atoms with E-state index in [2.05, 4.69) is 4.90 Å². The average molecular weight is 253 g/mol. The van der Waals surface area contributed by atoms with Crippen LogP contribution in [0.15, 0.2) is 24.3 Å². The third-order valence-electron chi connectivity index (χ3n) is 2.60. The van der Waals surface area contributed by atoms with Gasteiger partial charge in [0.05, 0.1) is 0 Å². The summed E-state index contributed by atoms with van der Waals surface area (Å²) in [5.74, 6) is 0.328. The lowest BCUT2D eigenvalue weighted by Crippen LogP contribution is -2.33. The third-order valence-corrected chi connectivity index (χ3v) is 2.60. The second kappa shape index (κ2) is 8.08. The standard InChI is InChI=1S/C14H23NO3/c1-4-17-14(18-5-2)11-15(3)10-12-8-6-7-9-13(12)16/h6-9,14,16H,4-5,10-11H2,1-3H3. The van der Waals surface area contributed by atoms with Gasteiger partial charge in [0.1, 0.15) is 5.75 Å². The van der Waals surface area contributed by atoms with Gasteiger partial charge < -0.3 is 14.6 Å². The number of likely N-dealkylation sites (N-methyl/N-ethyl adjacent to an activating group) is 1. The lowest BCUT2D eigenvalue weighted by molar-refractivity contribution is -0.145. The van der Waals surface area contributed by atoms with Crippen molar-refractivity contribution in [2.75, 3.05) is 26.8 Å². The fourth-order valence-electron chi connectivity index (χ4n) is 1.78. The van der Waals surface area contributed by atoms with Crippen LogP contribution in [0.5, 0.6) is 5.75 Å². The summed E-state index contributed by atoms with van der Waals surface area (Å²) >= 11 is 0. The van der Waals surface area contributed by atoms with E-state index in [1.807, 2.05) is 39.1 Å². The Bertz CT molecular complexity index is 338. The second-order valence-electron chi connectivity index (χ2n) is 4.17. The fraction of sp³-hybridized carbons (Fsp3) is 0.571. The van der Waals surface area contributed by atoms with E-state index in [9.17, 15) is 5.11 Å². The van der Waals surface area contributed by atoms with E-state index in [1.54, 1.807) is 6.07 Å². The van der Waals surface area contributed by atoms with Gasteiger partial charge in [-0.25, -0.2) is 0 Å². The first-order valence-corrected chi connectivity index (χ1v) is 6.36. The van der Waals surface area contributed by atoms with Gasteiger partial charge in [-0.05, 0) is 27.0 Å². The molecule has 0 aliphatic rings. The molecule has 1 rings (SSSR count). The fourth-order valence-corrected chi connectivity index (χ4v) is 1.78. The second-order valence-corrected chi connectivity index (χ2v) is 4.17. The van der Waals surface area contributed by atoms with Crippen LogP contribution in [0.2, 0.25) is 0 Å². The molecule has 0 aliphatic carbocycles. The Morgan fingerprint density at radius 3 is 2.33 bits per heavy atom. The van der Waals surface area contributed by atoms with Gasteiger partial charge in [-0.1, -0.05) is 18.2 Å². The van der Waals surface area contributed by atoms with Crippen LogP contribution in [-0.4, -0.2) is 43.1 Å². The summed E-state index contributed by atoms with van der Waals surface area (Å²) in [5.41, 5.74) is 0.909. The Balaban J connectivity index is 2.49. The maximum absolute atomic E-state index is 9.71. The number of phenols is 1. The number of aromatic hydroxyl groups is 1. The van der Waals surface area contributed by atoms with Crippen molar-refractivity contribution < 1.29 is 14.6 Å². The number of hydrogen-bond donors (Lipinski definition) is 1. The molecule has 0 radical (unpaired) electrons. The molecule has 0 saturated carbocycles. The maximum Gasteiger partial charge on any atom is 0.170 e. The van der Waals surface area contributed by atoms with Crippen molar-refractivity contribution in [1.82, 2.24) is 4.90 Å². The van der Waals surface area contributed by atoms with Crippen LogP contribution in [0.25, 0.3) is 0 Å². The Labute approximate surface area is 109 Å². The monoisotopic (exact) mass is 253 g/mol. The topological polar surface area (TPSA) is 41.9 Å². The molecule has 0 heterocycles. The normalized spacial score (nSPS) is 11.4. The predicted octanol–water partition coefficient (Wildman–Crippen LogP) is 2.22. The van der Waals surface area contributed by atoms with Gasteiger partial charge in [-0.3, -0.25) is 4.90 Å². The molecule has 0 spiro atoms. The molecule has 0 saturated heterocycles. The van der Waals surface area contributed by atoms with Crippen LogP contribution in [0, 0.1) is 0 Å². The zero-order valence-corrected chi connectivity index (χ0v) is 11.4. The van der Waals surface area contributed by atoms with E-state index in [1.165, 1.54) is 0 Å². The van der Waals surface area contributed by atoms with Crippen LogP contribution < -0.4 is 0 Å². The molecule has 4 nitrogen and oxygen atoms in total. The number of phenolic OH excluding ortho intramolecular Hbond substituents is 1. The first-order chi connectivity index (χ1) is 8.67. The number of benzene rings is 1. The summed E-state index contributed by atoms with van der Waals surface area (Å²) in [6.45, 7) is 6.52. The van der Waals surface area contributed by atoms with Gasteiger partial charge in [0.15, 0.2) is 6.29 Å². The Morgan fingerprint density at radius 1 is 1.17 bits per heavy atom. The number of para-hydroxylation sites is 1. The lowest BCUT2D eigenvalue weighted by Gasteiger charge is -2.24. The van der Waals surface area contributed by atoms with Crippen molar-refractivity contribution in [1.29, 1.82) is 0 Å². The van der Waals surface area contributed by atoms with Crippen molar-refractivity contribution in [2.24, 2.45) is 0 Å². The molecule has 0 fully saturated rings. The van der Waals surface area contributed by atoms with Gasteiger partial charge in [0.25, 0.3) is 0 Å². The van der Waals surface area contributed by atoms with Crippen LogP contribution >= 0.6 is 0 Å². The summed E-state index contributed by atoms with van der Waals surface area (Å²) in [4.78, 5) is 2.07. The molecule has 4 heteroatoms. The van der Waals surface area contributed by atoms with E-state index in [4.69, 9.17) is 9.47 Å².